The summed E-state index contributed by atoms with van der Waals surface area (Å²) in [5.41, 5.74) is 1.26. The minimum Gasteiger partial charge on any atom is -0.377 e. The molecule has 0 heterocycles. The fourth-order valence-electron chi connectivity index (χ4n) is 2.71. The van der Waals surface area contributed by atoms with Crippen molar-refractivity contribution >= 4 is 55.4 Å². The Morgan fingerprint density at radius 2 is 1.48 bits per heavy atom. The molecular weight excluding hydrogens is 379 g/mol. The zero-order valence-electron chi connectivity index (χ0n) is 13.6. The molecule has 0 aliphatic heterocycles. The van der Waals surface area contributed by atoms with E-state index in [1.165, 1.54) is 12.1 Å². The van der Waals surface area contributed by atoms with Gasteiger partial charge in [-0.25, -0.2) is 8.42 Å². The zero-order chi connectivity index (χ0) is 18.2. The highest BCUT2D eigenvalue weighted by Gasteiger charge is 2.19. The molecule has 1 N–H and O–H groups in total. The number of nitrogens with one attached hydrogen (secondary N) is 1. The van der Waals surface area contributed by atoms with Crippen molar-refractivity contribution in [3.63, 3.8) is 0 Å². The maximum Gasteiger partial charge on any atom is 0.262 e. The normalized spacial score (nSPS) is 11.5. The minimum atomic E-state index is -3.80. The molecule has 4 nitrogen and oxygen atoms in total. The Morgan fingerprint density at radius 1 is 0.880 bits per heavy atom. The Balaban J connectivity index is 2.13. The SMILES string of the molecule is CN(C)c1cccc2c(S(=O)(=O)Nc3cc(Cl)cc(Cl)c3)cccc12. The standard InChI is InChI=1S/C18H16Cl2N2O2S/c1-22(2)17-7-3-6-16-15(17)5-4-8-18(16)25(23,24)21-14-10-12(19)9-13(20)11-14/h3-11,21H,1-2H3. The van der Waals surface area contributed by atoms with Gasteiger partial charge in [0.1, 0.15) is 0 Å². The summed E-state index contributed by atoms with van der Waals surface area (Å²) < 4.78 is 28.4. The van der Waals surface area contributed by atoms with E-state index in [-0.39, 0.29) is 4.90 Å². The first-order valence-corrected chi connectivity index (χ1v) is 9.70. The molecule has 0 aliphatic carbocycles. The Bertz CT molecular complexity index is 1030. The van der Waals surface area contributed by atoms with Gasteiger partial charge in [-0.05, 0) is 30.3 Å². The van der Waals surface area contributed by atoms with Crippen LogP contribution in [0.5, 0.6) is 0 Å². The molecular formula is C18H16Cl2N2O2S. The fraction of sp³-hybridized carbons (Fsp3) is 0.111. The molecule has 0 radical (unpaired) electrons. The predicted molar refractivity (Wildman–Crippen MR) is 106 cm³/mol. The lowest BCUT2D eigenvalue weighted by molar-refractivity contribution is 0.602. The van der Waals surface area contributed by atoms with E-state index in [1.54, 1.807) is 24.3 Å². The average molecular weight is 395 g/mol. The van der Waals surface area contributed by atoms with E-state index >= 15 is 0 Å². The molecule has 0 saturated heterocycles. The van der Waals surface area contributed by atoms with Gasteiger partial charge < -0.3 is 4.90 Å². The van der Waals surface area contributed by atoms with Crippen LogP contribution in [0.3, 0.4) is 0 Å². The number of anilines is 2. The summed E-state index contributed by atoms with van der Waals surface area (Å²) in [7, 11) is 0.0359. The van der Waals surface area contributed by atoms with Gasteiger partial charge in [0.25, 0.3) is 10.0 Å². The van der Waals surface area contributed by atoms with Gasteiger partial charge in [0.05, 0.1) is 10.6 Å². The molecule has 130 valence electrons. The van der Waals surface area contributed by atoms with E-state index < -0.39 is 10.0 Å². The molecule has 0 aromatic heterocycles. The number of sulfonamides is 1. The summed E-state index contributed by atoms with van der Waals surface area (Å²) in [5, 5.41) is 2.23. The molecule has 3 aromatic rings. The maximum absolute atomic E-state index is 12.9. The first-order valence-electron chi connectivity index (χ1n) is 7.46. The first-order chi connectivity index (χ1) is 11.8. The predicted octanol–water partition coefficient (Wildman–Crippen LogP) is 5.01. The molecule has 0 aliphatic rings. The van der Waals surface area contributed by atoms with Gasteiger partial charge >= 0.3 is 0 Å². The van der Waals surface area contributed by atoms with E-state index in [0.717, 1.165) is 11.1 Å². The van der Waals surface area contributed by atoms with Crippen LogP contribution in [0.4, 0.5) is 11.4 Å². The molecule has 3 aromatic carbocycles. The molecule has 0 fully saturated rings. The molecule has 0 amide bonds. The van der Waals surface area contributed by atoms with Crippen LogP contribution in [-0.4, -0.2) is 22.5 Å². The van der Waals surface area contributed by atoms with E-state index in [9.17, 15) is 8.42 Å². The Labute approximate surface area is 157 Å². The van der Waals surface area contributed by atoms with Crippen LogP contribution >= 0.6 is 23.2 Å². The van der Waals surface area contributed by atoms with E-state index in [0.29, 0.717) is 21.1 Å². The van der Waals surface area contributed by atoms with Crippen LogP contribution in [0.25, 0.3) is 10.8 Å². The van der Waals surface area contributed by atoms with Crippen molar-refractivity contribution in [2.75, 3.05) is 23.7 Å². The second-order valence-electron chi connectivity index (χ2n) is 5.79. The van der Waals surface area contributed by atoms with Crippen LogP contribution in [0, 0.1) is 0 Å². The molecule has 0 atom stereocenters. The molecule has 0 saturated carbocycles. The van der Waals surface area contributed by atoms with Gasteiger partial charge in [0.2, 0.25) is 0 Å². The summed E-state index contributed by atoms with van der Waals surface area (Å²) in [5.74, 6) is 0. The highest BCUT2D eigenvalue weighted by Crippen LogP contribution is 2.31. The van der Waals surface area contributed by atoms with Gasteiger partial charge in [-0.1, -0.05) is 47.5 Å². The third-order valence-corrected chi connectivity index (χ3v) is 5.62. The van der Waals surface area contributed by atoms with Crippen molar-refractivity contribution in [1.82, 2.24) is 0 Å². The Morgan fingerprint density at radius 3 is 2.12 bits per heavy atom. The van der Waals surface area contributed by atoms with Crippen LogP contribution in [0.1, 0.15) is 0 Å². The van der Waals surface area contributed by atoms with E-state index in [4.69, 9.17) is 23.2 Å². The first kappa shape index (κ1) is 17.9. The minimum absolute atomic E-state index is 0.199. The monoisotopic (exact) mass is 394 g/mol. The third-order valence-electron chi connectivity index (χ3n) is 3.75. The van der Waals surface area contributed by atoms with Gasteiger partial charge in [-0.2, -0.15) is 0 Å². The van der Waals surface area contributed by atoms with Gasteiger partial charge in [0, 0.05) is 40.6 Å². The van der Waals surface area contributed by atoms with E-state index in [1.807, 2.05) is 37.2 Å². The highest BCUT2D eigenvalue weighted by molar-refractivity contribution is 7.93. The Hall–Kier alpha value is -1.95. The summed E-state index contributed by atoms with van der Waals surface area (Å²) in [6.45, 7) is 0. The fourth-order valence-corrected chi connectivity index (χ4v) is 4.50. The van der Waals surface area contributed by atoms with Gasteiger partial charge in [-0.3, -0.25) is 4.72 Å². The number of halogens is 2. The number of rotatable bonds is 4. The smallest absolute Gasteiger partial charge is 0.262 e. The van der Waals surface area contributed by atoms with Gasteiger partial charge in [0.15, 0.2) is 0 Å². The number of fused-ring (bicyclic) bond motifs is 1. The number of benzene rings is 3. The summed E-state index contributed by atoms with van der Waals surface area (Å²) in [6, 6.07) is 15.4. The van der Waals surface area contributed by atoms with Crippen LogP contribution in [0.15, 0.2) is 59.5 Å². The molecule has 0 bridgehead atoms. The Kier molecular flexibility index (Phi) is 4.82. The highest BCUT2D eigenvalue weighted by atomic mass is 35.5. The largest absolute Gasteiger partial charge is 0.377 e. The summed E-state index contributed by atoms with van der Waals surface area (Å²) in [4.78, 5) is 2.15. The quantitative estimate of drug-likeness (QED) is 0.675. The van der Waals surface area contributed by atoms with Crippen molar-refractivity contribution in [3.8, 4) is 0 Å². The van der Waals surface area contributed by atoms with Crippen LogP contribution in [-0.2, 0) is 10.0 Å². The van der Waals surface area contributed by atoms with Crippen molar-refractivity contribution in [2.24, 2.45) is 0 Å². The lowest BCUT2D eigenvalue weighted by Gasteiger charge is -2.17. The van der Waals surface area contributed by atoms with Crippen molar-refractivity contribution in [3.05, 3.63) is 64.6 Å². The van der Waals surface area contributed by atoms with Crippen molar-refractivity contribution in [1.29, 1.82) is 0 Å². The second-order valence-corrected chi connectivity index (χ2v) is 8.31. The van der Waals surface area contributed by atoms with Crippen LogP contribution < -0.4 is 9.62 Å². The number of nitrogens with zero attached hydrogens (tertiary/aromatic N) is 1. The zero-order valence-corrected chi connectivity index (χ0v) is 16.0. The number of hydrogen-bond donors (Lipinski definition) is 1. The lowest BCUT2D eigenvalue weighted by atomic mass is 10.1. The van der Waals surface area contributed by atoms with Gasteiger partial charge in [-0.15, -0.1) is 0 Å². The lowest BCUT2D eigenvalue weighted by Crippen LogP contribution is -2.14. The summed E-state index contributed by atoms with van der Waals surface area (Å²) >= 11 is 11.9. The molecule has 3 rings (SSSR count). The maximum atomic E-state index is 12.9. The van der Waals surface area contributed by atoms with Crippen molar-refractivity contribution < 1.29 is 8.42 Å². The third kappa shape index (κ3) is 3.68. The molecule has 25 heavy (non-hydrogen) atoms. The van der Waals surface area contributed by atoms with E-state index in [2.05, 4.69) is 4.72 Å². The second kappa shape index (κ2) is 6.75. The van der Waals surface area contributed by atoms with Crippen molar-refractivity contribution in [2.45, 2.75) is 4.90 Å². The molecule has 0 unspecified atom stereocenters. The topological polar surface area (TPSA) is 49.4 Å². The molecule has 7 heteroatoms. The average Bonchev–Trinajstić information content (AvgIpc) is 2.52. The summed E-state index contributed by atoms with van der Waals surface area (Å²) in [6.07, 6.45) is 0. The number of hydrogen-bond acceptors (Lipinski definition) is 3. The molecule has 0 spiro atoms. The van der Waals surface area contributed by atoms with Crippen LogP contribution in [0.2, 0.25) is 10.0 Å².